The zero-order valence-electron chi connectivity index (χ0n) is 12.8. The molecule has 1 aromatic heterocycles. The van der Waals surface area contributed by atoms with Crippen molar-refractivity contribution in [1.29, 1.82) is 0 Å². The van der Waals surface area contributed by atoms with Gasteiger partial charge in [0.05, 0.1) is 0 Å². The molecule has 0 radical (unpaired) electrons. The third-order valence-electron chi connectivity index (χ3n) is 5.03. The molecule has 1 aromatic rings. The van der Waals surface area contributed by atoms with Crippen molar-refractivity contribution in [3.63, 3.8) is 0 Å². The minimum Gasteiger partial charge on any atom is -0.339 e. The van der Waals surface area contributed by atoms with E-state index < -0.39 is 0 Å². The topological polar surface area (TPSA) is 51.0 Å². The van der Waals surface area contributed by atoms with Crippen molar-refractivity contribution in [2.45, 2.75) is 76.7 Å². The fraction of sp³-hybridized carbons (Fsp3) is 0.875. The van der Waals surface area contributed by atoms with E-state index in [0.29, 0.717) is 6.04 Å². The Bertz CT molecular complexity index is 433. The summed E-state index contributed by atoms with van der Waals surface area (Å²) in [5, 5.41) is 7.89. The van der Waals surface area contributed by atoms with Crippen molar-refractivity contribution in [1.82, 2.24) is 15.5 Å². The zero-order valence-corrected chi connectivity index (χ0v) is 12.8. The zero-order chi connectivity index (χ0) is 14.0. The van der Waals surface area contributed by atoms with Gasteiger partial charge >= 0.3 is 0 Å². The summed E-state index contributed by atoms with van der Waals surface area (Å²) >= 11 is 0. The predicted molar refractivity (Wildman–Crippen MR) is 78.6 cm³/mol. The van der Waals surface area contributed by atoms with E-state index in [4.69, 9.17) is 4.52 Å². The first-order valence-electron chi connectivity index (χ1n) is 8.28. The molecule has 4 heteroatoms. The van der Waals surface area contributed by atoms with Gasteiger partial charge in [0.15, 0.2) is 5.82 Å². The van der Waals surface area contributed by atoms with Gasteiger partial charge < -0.3 is 9.84 Å². The Morgan fingerprint density at radius 3 is 2.75 bits per heavy atom. The molecular formula is C16H27N3O. The molecule has 112 valence electrons. The van der Waals surface area contributed by atoms with Gasteiger partial charge in [-0.05, 0) is 44.6 Å². The van der Waals surface area contributed by atoms with Crippen molar-refractivity contribution < 1.29 is 4.52 Å². The number of hydrogen-bond acceptors (Lipinski definition) is 4. The normalized spacial score (nSPS) is 23.1. The van der Waals surface area contributed by atoms with Crippen LogP contribution in [-0.4, -0.2) is 22.7 Å². The molecule has 3 rings (SSSR count). The Balaban J connectivity index is 1.63. The van der Waals surface area contributed by atoms with Crippen molar-refractivity contribution in [3.8, 4) is 0 Å². The lowest BCUT2D eigenvalue weighted by Crippen LogP contribution is -2.37. The van der Waals surface area contributed by atoms with E-state index in [2.05, 4.69) is 29.3 Å². The van der Waals surface area contributed by atoms with Crippen molar-refractivity contribution in [3.05, 3.63) is 11.7 Å². The molecule has 2 aliphatic carbocycles. The summed E-state index contributed by atoms with van der Waals surface area (Å²) in [7, 11) is 0. The highest BCUT2D eigenvalue weighted by Crippen LogP contribution is 2.46. The molecule has 1 heterocycles. The van der Waals surface area contributed by atoms with Crippen LogP contribution in [-0.2, 0) is 11.8 Å². The molecule has 0 aliphatic heterocycles. The summed E-state index contributed by atoms with van der Waals surface area (Å²) < 4.78 is 5.50. The standard InChI is InChI=1S/C16H27N3O/c1-3-10-17-13(12-6-4-5-7-12)11-14-18-15(19-20-14)16(2)8-9-16/h12-13,17H,3-11H2,1-2H3. The largest absolute Gasteiger partial charge is 0.339 e. The van der Waals surface area contributed by atoms with Gasteiger partial charge in [0.2, 0.25) is 5.89 Å². The van der Waals surface area contributed by atoms with Crippen LogP contribution < -0.4 is 5.32 Å². The number of nitrogens with one attached hydrogen (secondary N) is 1. The lowest BCUT2D eigenvalue weighted by Gasteiger charge is -2.23. The highest BCUT2D eigenvalue weighted by molar-refractivity contribution is 5.14. The lowest BCUT2D eigenvalue weighted by molar-refractivity contribution is 0.306. The molecule has 0 spiro atoms. The summed E-state index contributed by atoms with van der Waals surface area (Å²) in [5.74, 6) is 2.54. The quantitative estimate of drug-likeness (QED) is 0.831. The van der Waals surface area contributed by atoms with E-state index in [1.54, 1.807) is 0 Å². The number of nitrogens with zero attached hydrogens (tertiary/aromatic N) is 2. The molecule has 1 unspecified atom stereocenters. The summed E-state index contributed by atoms with van der Waals surface area (Å²) in [6, 6.07) is 0.512. The molecule has 2 fully saturated rings. The van der Waals surface area contributed by atoms with Crippen molar-refractivity contribution in [2.24, 2.45) is 5.92 Å². The molecule has 20 heavy (non-hydrogen) atoms. The fourth-order valence-corrected chi connectivity index (χ4v) is 3.28. The second kappa shape index (κ2) is 5.84. The monoisotopic (exact) mass is 277 g/mol. The van der Waals surface area contributed by atoms with Crippen LogP contribution in [0.4, 0.5) is 0 Å². The Labute approximate surface area is 121 Å². The summed E-state index contributed by atoms with van der Waals surface area (Å²) in [4.78, 5) is 4.65. The summed E-state index contributed by atoms with van der Waals surface area (Å²) in [5.41, 5.74) is 0.210. The van der Waals surface area contributed by atoms with Crippen LogP contribution >= 0.6 is 0 Å². The molecule has 0 bridgehead atoms. The second-order valence-corrected chi connectivity index (χ2v) is 6.88. The first kappa shape index (κ1) is 14.1. The van der Waals surface area contributed by atoms with Crippen LogP contribution in [0.1, 0.15) is 70.5 Å². The molecule has 0 saturated heterocycles. The van der Waals surface area contributed by atoms with Gasteiger partial charge in [0.25, 0.3) is 0 Å². The molecule has 0 aromatic carbocycles. The maximum atomic E-state index is 5.50. The maximum Gasteiger partial charge on any atom is 0.228 e. The Morgan fingerprint density at radius 1 is 1.35 bits per heavy atom. The molecule has 0 amide bonds. The minimum absolute atomic E-state index is 0.210. The van der Waals surface area contributed by atoms with E-state index in [1.807, 2.05) is 0 Å². The Morgan fingerprint density at radius 2 is 2.10 bits per heavy atom. The highest BCUT2D eigenvalue weighted by Gasteiger charge is 2.43. The van der Waals surface area contributed by atoms with E-state index in [-0.39, 0.29) is 5.41 Å². The van der Waals surface area contributed by atoms with Gasteiger partial charge in [-0.2, -0.15) is 4.98 Å². The van der Waals surface area contributed by atoms with E-state index in [0.717, 1.165) is 30.6 Å². The van der Waals surface area contributed by atoms with E-state index in [9.17, 15) is 0 Å². The fourth-order valence-electron chi connectivity index (χ4n) is 3.28. The van der Waals surface area contributed by atoms with E-state index >= 15 is 0 Å². The minimum atomic E-state index is 0.210. The van der Waals surface area contributed by atoms with Gasteiger partial charge in [-0.25, -0.2) is 0 Å². The third kappa shape index (κ3) is 3.05. The van der Waals surface area contributed by atoms with Gasteiger partial charge in [-0.15, -0.1) is 0 Å². The number of rotatable bonds is 7. The smallest absolute Gasteiger partial charge is 0.228 e. The molecular weight excluding hydrogens is 250 g/mol. The number of aromatic nitrogens is 2. The average Bonchev–Trinajstić information content (AvgIpc) is 2.92. The Hall–Kier alpha value is -0.900. The predicted octanol–water partition coefficient (Wildman–Crippen LogP) is 3.22. The lowest BCUT2D eigenvalue weighted by atomic mass is 9.95. The number of hydrogen-bond donors (Lipinski definition) is 1. The van der Waals surface area contributed by atoms with Crippen LogP contribution in [0.5, 0.6) is 0 Å². The van der Waals surface area contributed by atoms with Crippen LogP contribution in [0.25, 0.3) is 0 Å². The van der Waals surface area contributed by atoms with Gasteiger partial charge in [0, 0.05) is 17.9 Å². The SMILES string of the molecule is CCCNC(Cc1nc(C2(C)CC2)no1)C1CCCC1. The van der Waals surface area contributed by atoms with Crippen LogP contribution in [0, 0.1) is 5.92 Å². The molecule has 1 N–H and O–H groups in total. The summed E-state index contributed by atoms with van der Waals surface area (Å²) in [6.07, 6.45) is 9.92. The van der Waals surface area contributed by atoms with Crippen molar-refractivity contribution in [2.75, 3.05) is 6.54 Å². The highest BCUT2D eigenvalue weighted by atomic mass is 16.5. The Kier molecular flexibility index (Phi) is 4.11. The molecule has 2 saturated carbocycles. The third-order valence-corrected chi connectivity index (χ3v) is 5.03. The second-order valence-electron chi connectivity index (χ2n) is 6.88. The van der Waals surface area contributed by atoms with Crippen molar-refractivity contribution >= 4 is 0 Å². The molecule has 2 aliphatic rings. The maximum absolute atomic E-state index is 5.50. The van der Waals surface area contributed by atoms with E-state index in [1.165, 1.54) is 44.9 Å². The average molecular weight is 277 g/mol. The first-order valence-corrected chi connectivity index (χ1v) is 8.28. The van der Waals surface area contributed by atoms with Crippen LogP contribution in [0.15, 0.2) is 4.52 Å². The van der Waals surface area contributed by atoms with Crippen LogP contribution in [0.2, 0.25) is 0 Å². The van der Waals surface area contributed by atoms with Gasteiger partial charge in [0.1, 0.15) is 0 Å². The molecule has 1 atom stereocenters. The molecule has 4 nitrogen and oxygen atoms in total. The van der Waals surface area contributed by atoms with Gasteiger partial charge in [-0.3, -0.25) is 0 Å². The van der Waals surface area contributed by atoms with Gasteiger partial charge in [-0.1, -0.05) is 31.8 Å². The first-order chi connectivity index (χ1) is 9.71. The summed E-state index contributed by atoms with van der Waals surface area (Å²) in [6.45, 7) is 5.53. The van der Waals surface area contributed by atoms with Crippen LogP contribution in [0.3, 0.4) is 0 Å².